The number of methoxy groups -OCH3 is 1. The summed E-state index contributed by atoms with van der Waals surface area (Å²) < 4.78 is 35.3. The Hall–Kier alpha value is -2.02. The lowest BCUT2D eigenvalue weighted by Crippen LogP contribution is -2.37. The van der Waals surface area contributed by atoms with E-state index >= 15 is 0 Å². The number of ether oxygens (including phenoxy) is 1. The molecule has 24 heavy (non-hydrogen) atoms. The second-order valence-electron chi connectivity index (χ2n) is 6.08. The number of nitrogens with zero attached hydrogens (tertiary/aromatic N) is 3. The Morgan fingerprint density at radius 1 is 1.33 bits per heavy atom. The van der Waals surface area contributed by atoms with Crippen molar-refractivity contribution in [2.45, 2.75) is 25.7 Å². The van der Waals surface area contributed by atoms with Crippen molar-refractivity contribution in [3.63, 3.8) is 0 Å². The maximum Gasteiger partial charge on any atom is 0.251 e. The van der Waals surface area contributed by atoms with Gasteiger partial charge in [0.2, 0.25) is 11.7 Å². The number of hydrogen-bond acceptors (Lipinski definition) is 5. The van der Waals surface area contributed by atoms with Crippen LogP contribution in [0.5, 0.6) is 5.75 Å². The van der Waals surface area contributed by atoms with Crippen molar-refractivity contribution < 1.29 is 18.0 Å². The zero-order chi connectivity index (χ0) is 16.9. The van der Waals surface area contributed by atoms with Crippen LogP contribution in [0.1, 0.15) is 18.7 Å². The Kier molecular flexibility index (Phi) is 5.40. The van der Waals surface area contributed by atoms with Crippen LogP contribution in [0.2, 0.25) is 0 Å². The Bertz CT molecular complexity index is 655. The Balaban J connectivity index is 1.57. The molecule has 0 bridgehead atoms. The molecule has 1 aliphatic rings. The van der Waals surface area contributed by atoms with Crippen LogP contribution in [0.3, 0.4) is 0 Å². The molecule has 0 aliphatic carbocycles. The minimum Gasteiger partial charge on any atom is -0.497 e. The van der Waals surface area contributed by atoms with Gasteiger partial charge in [0.25, 0.3) is 6.43 Å². The van der Waals surface area contributed by atoms with Gasteiger partial charge in [0.1, 0.15) is 5.75 Å². The molecule has 0 N–H and O–H groups in total. The molecule has 1 aliphatic heterocycles. The molecule has 1 fully saturated rings. The molecule has 0 amide bonds. The van der Waals surface area contributed by atoms with Crippen LogP contribution in [0, 0.1) is 5.92 Å². The molecule has 0 unspecified atom stereocenters. The predicted molar refractivity (Wildman–Crippen MR) is 85.2 cm³/mol. The maximum absolute atomic E-state index is 12.4. The van der Waals surface area contributed by atoms with Crippen molar-refractivity contribution in [2.75, 3.05) is 26.7 Å². The molecule has 0 radical (unpaired) electrons. The summed E-state index contributed by atoms with van der Waals surface area (Å²) in [7, 11) is 1.61. The SMILES string of the molecule is COc1cccc(-c2noc(CC3CCN(CC(F)F)CC3)n2)c1. The monoisotopic (exact) mass is 337 g/mol. The van der Waals surface area contributed by atoms with E-state index in [1.54, 1.807) is 7.11 Å². The van der Waals surface area contributed by atoms with Gasteiger partial charge in [-0.25, -0.2) is 8.78 Å². The van der Waals surface area contributed by atoms with E-state index in [0.29, 0.717) is 37.1 Å². The molecule has 5 nitrogen and oxygen atoms in total. The molecule has 7 heteroatoms. The van der Waals surface area contributed by atoms with Crippen LogP contribution >= 0.6 is 0 Å². The second-order valence-corrected chi connectivity index (χ2v) is 6.08. The zero-order valence-corrected chi connectivity index (χ0v) is 13.6. The molecular weight excluding hydrogens is 316 g/mol. The highest BCUT2D eigenvalue weighted by Gasteiger charge is 2.23. The van der Waals surface area contributed by atoms with E-state index in [2.05, 4.69) is 10.1 Å². The van der Waals surface area contributed by atoms with E-state index < -0.39 is 6.43 Å². The van der Waals surface area contributed by atoms with Crippen LogP contribution in [-0.2, 0) is 6.42 Å². The lowest BCUT2D eigenvalue weighted by molar-refractivity contribution is 0.0681. The number of hydrogen-bond donors (Lipinski definition) is 0. The number of piperidine rings is 1. The van der Waals surface area contributed by atoms with E-state index in [0.717, 1.165) is 24.2 Å². The maximum atomic E-state index is 12.4. The largest absolute Gasteiger partial charge is 0.497 e. The Morgan fingerprint density at radius 3 is 2.83 bits per heavy atom. The van der Waals surface area contributed by atoms with Gasteiger partial charge < -0.3 is 9.26 Å². The normalized spacial score (nSPS) is 16.7. The first-order chi connectivity index (χ1) is 11.6. The van der Waals surface area contributed by atoms with Crippen LogP contribution in [0.25, 0.3) is 11.4 Å². The summed E-state index contributed by atoms with van der Waals surface area (Å²) in [4.78, 5) is 6.27. The number of halogens is 2. The molecule has 0 atom stereocenters. The smallest absolute Gasteiger partial charge is 0.251 e. The molecule has 1 aromatic carbocycles. The van der Waals surface area contributed by atoms with Crippen molar-refractivity contribution in [1.29, 1.82) is 0 Å². The van der Waals surface area contributed by atoms with E-state index in [-0.39, 0.29) is 6.54 Å². The Morgan fingerprint density at radius 2 is 2.12 bits per heavy atom. The summed E-state index contributed by atoms with van der Waals surface area (Å²) >= 11 is 0. The van der Waals surface area contributed by atoms with Gasteiger partial charge in [0.15, 0.2) is 0 Å². The fourth-order valence-electron chi connectivity index (χ4n) is 3.03. The quantitative estimate of drug-likeness (QED) is 0.810. The van der Waals surface area contributed by atoms with Gasteiger partial charge in [-0.05, 0) is 44.0 Å². The summed E-state index contributed by atoms with van der Waals surface area (Å²) in [6, 6.07) is 7.50. The summed E-state index contributed by atoms with van der Waals surface area (Å²) in [6.07, 6.45) is 0.190. The van der Waals surface area contributed by atoms with Crippen LogP contribution in [0.15, 0.2) is 28.8 Å². The molecule has 3 rings (SSSR count). The third kappa shape index (κ3) is 4.29. The standard InChI is InChI=1S/C17H21F2N3O2/c1-23-14-4-2-3-13(10-14)17-20-16(24-21-17)9-12-5-7-22(8-6-12)11-15(18)19/h2-4,10,12,15H,5-9,11H2,1H3. The molecule has 2 heterocycles. The van der Waals surface area contributed by atoms with Crippen molar-refractivity contribution in [3.8, 4) is 17.1 Å². The number of alkyl halides is 2. The first-order valence-corrected chi connectivity index (χ1v) is 8.11. The molecule has 130 valence electrons. The highest BCUT2D eigenvalue weighted by molar-refractivity contribution is 5.56. The van der Waals surface area contributed by atoms with Crippen molar-refractivity contribution in [1.82, 2.24) is 15.0 Å². The minimum atomic E-state index is -2.26. The minimum absolute atomic E-state index is 0.132. The molecule has 1 saturated heterocycles. The van der Waals surface area contributed by atoms with Gasteiger partial charge in [0, 0.05) is 12.0 Å². The lowest BCUT2D eigenvalue weighted by atomic mass is 9.93. The topological polar surface area (TPSA) is 51.4 Å². The van der Waals surface area contributed by atoms with Gasteiger partial charge in [-0.2, -0.15) is 4.98 Å². The van der Waals surface area contributed by atoms with Crippen LogP contribution in [-0.4, -0.2) is 48.2 Å². The van der Waals surface area contributed by atoms with E-state index in [4.69, 9.17) is 9.26 Å². The fourth-order valence-corrected chi connectivity index (χ4v) is 3.03. The molecule has 0 saturated carbocycles. The summed E-state index contributed by atoms with van der Waals surface area (Å²) in [6.45, 7) is 1.27. The number of benzene rings is 1. The highest BCUT2D eigenvalue weighted by Crippen LogP contribution is 2.24. The average Bonchev–Trinajstić information content (AvgIpc) is 3.05. The summed E-state index contributed by atoms with van der Waals surface area (Å²) in [5.74, 6) is 2.28. The van der Waals surface area contributed by atoms with E-state index in [9.17, 15) is 8.78 Å². The van der Waals surface area contributed by atoms with Gasteiger partial charge in [0.05, 0.1) is 13.7 Å². The van der Waals surface area contributed by atoms with Crippen molar-refractivity contribution >= 4 is 0 Å². The fraction of sp³-hybridized carbons (Fsp3) is 0.529. The van der Waals surface area contributed by atoms with Gasteiger partial charge >= 0.3 is 0 Å². The van der Waals surface area contributed by atoms with Crippen LogP contribution < -0.4 is 4.74 Å². The molecule has 1 aromatic heterocycles. The third-order valence-electron chi connectivity index (χ3n) is 4.36. The van der Waals surface area contributed by atoms with Crippen LogP contribution in [0.4, 0.5) is 8.78 Å². The van der Waals surface area contributed by atoms with E-state index in [1.807, 2.05) is 29.2 Å². The van der Waals surface area contributed by atoms with Gasteiger partial charge in [-0.1, -0.05) is 17.3 Å². The second kappa shape index (κ2) is 7.70. The summed E-state index contributed by atoms with van der Waals surface area (Å²) in [5, 5.41) is 4.03. The first-order valence-electron chi connectivity index (χ1n) is 8.11. The number of rotatable bonds is 6. The molecule has 2 aromatic rings. The first kappa shape index (κ1) is 16.8. The lowest BCUT2D eigenvalue weighted by Gasteiger charge is -2.30. The molecular formula is C17H21F2N3O2. The summed E-state index contributed by atoms with van der Waals surface area (Å²) in [5.41, 5.74) is 0.844. The number of aromatic nitrogens is 2. The van der Waals surface area contributed by atoms with Crippen molar-refractivity contribution in [2.24, 2.45) is 5.92 Å². The van der Waals surface area contributed by atoms with Gasteiger partial charge in [-0.15, -0.1) is 0 Å². The Labute approximate surface area is 139 Å². The average molecular weight is 337 g/mol. The highest BCUT2D eigenvalue weighted by atomic mass is 19.3. The molecule has 0 spiro atoms. The van der Waals surface area contributed by atoms with Crippen molar-refractivity contribution in [3.05, 3.63) is 30.2 Å². The third-order valence-corrected chi connectivity index (χ3v) is 4.36. The zero-order valence-electron chi connectivity index (χ0n) is 13.6. The number of likely N-dealkylation sites (tertiary alicyclic amines) is 1. The van der Waals surface area contributed by atoms with Gasteiger partial charge in [-0.3, -0.25) is 4.90 Å². The predicted octanol–water partition coefficient (Wildman–Crippen LogP) is 3.26. The van der Waals surface area contributed by atoms with E-state index in [1.165, 1.54) is 0 Å².